The zero-order chi connectivity index (χ0) is 19.5. The van der Waals surface area contributed by atoms with Crippen LogP contribution < -0.4 is 4.90 Å². The van der Waals surface area contributed by atoms with Crippen molar-refractivity contribution in [2.24, 2.45) is 0 Å². The number of piperidine rings is 1. The third-order valence-electron chi connectivity index (χ3n) is 5.59. The van der Waals surface area contributed by atoms with Crippen molar-refractivity contribution in [1.82, 2.24) is 14.8 Å². The number of nitrogens with zero attached hydrogens (tertiary/aromatic N) is 4. The van der Waals surface area contributed by atoms with Gasteiger partial charge in [0, 0.05) is 43.3 Å². The zero-order valence-corrected chi connectivity index (χ0v) is 16.0. The van der Waals surface area contributed by atoms with Crippen molar-refractivity contribution in [1.29, 1.82) is 0 Å². The number of anilines is 1. The molecule has 0 radical (unpaired) electrons. The summed E-state index contributed by atoms with van der Waals surface area (Å²) in [4.78, 5) is 18.0. The lowest BCUT2D eigenvalue weighted by atomic mass is 10.0. The Morgan fingerprint density at radius 2 is 1.86 bits per heavy atom. The molecular weight excluding hydrogens is 352 g/mol. The van der Waals surface area contributed by atoms with Crippen LogP contribution in [-0.2, 0) is 6.42 Å². The number of carboxylic acid groups (broad SMARTS) is 1. The van der Waals surface area contributed by atoms with E-state index in [4.69, 9.17) is 0 Å². The van der Waals surface area contributed by atoms with E-state index in [-0.39, 0.29) is 0 Å². The Morgan fingerprint density at radius 3 is 2.57 bits per heavy atom. The summed E-state index contributed by atoms with van der Waals surface area (Å²) in [6.07, 6.45) is 7.65. The molecule has 1 aromatic carbocycles. The molecule has 0 unspecified atom stereocenters. The quantitative estimate of drug-likeness (QED) is 0.735. The molecule has 2 aromatic heterocycles. The zero-order valence-electron chi connectivity index (χ0n) is 16.0. The van der Waals surface area contributed by atoms with Gasteiger partial charge in [-0.2, -0.15) is 5.10 Å². The molecule has 1 saturated heterocycles. The number of aromatic carboxylic acids is 1. The molecule has 0 aliphatic carbocycles. The molecule has 1 fully saturated rings. The summed E-state index contributed by atoms with van der Waals surface area (Å²) in [5.74, 6) is -0.921. The highest BCUT2D eigenvalue weighted by Gasteiger charge is 2.23. The second-order valence-corrected chi connectivity index (χ2v) is 7.27. The van der Waals surface area contributed by atoms with Crippen LogP contribution in [0.1, 0.15) is 46.1 Å². The average Bonchev–Trinajstić information content (AvgIpc) is 3.09. The highest BCUT2D eigenvalue weighted by atomic mass is 16.4. The molecule has 3 heterocycles. The van der Waals surface area contributed by atoms with Crippen LogP contribution in [0.25, 0.3) is 0 Å². The molecule has 144 valence electrons. The van der Waals surface area contributed by atoms with Crippen LogP contribution in [0.3, 0.4) is 0 Å². The van der Waals surface area contributed by atoms with Gasteiger partial charge >= 0.3 is 5.97 Å². The van der Waals surface area contributed by atoms with E-state index in [1.807, 2.05) is 12.3 Å². The van der Waals surface area contributed by atoms with Gasteiger partial charge in [-0.3, -0.25) is 9.67 Å². The second kappa shape index (κ2) is 7.84. The number of benzene rings is 1. The van der Waals surface area contributed by atoms with Gasteiger partial charge in [0.2, 0.25) is 0 Å². The van der Waals surface area contributed by atoms with Crippen LogP contribution in [0.2, 0.25) is 0 Å². The van der Waals surface area contributed by atoms with Gasteiger partial charge in [-0.05, 0) is 49.1 Å². The summed E-state index contributed by atoms with van der Waals surface area (Å²) in [6.45, 7) is 4.09. The fourth-order valence-corrected chi connectivity index (χ4v) is 3.99. The van der Waals surface area contributed by atoms with E-state index in [2.05, 4.69) is 50.9 Å². The number of pyridine rings is 1. The van der Waals surface area contributed by atoms with Crippen molar-refractivity contribution in [2.45, 2.75) is 32.2 Å². The number of rotatable bonds is 5. The van der Waals surface area contributed by atoms with Gasteiger partial charge in [-0.1, -0.05) is 18.2 Å². The van der Waals surface area contributed by atoms with Gasteiger partial charge in [-0.15, -0.1) is 0 Å². The van der Waals surface area contributed by atoms with Crippen LogP contribution in [0.15, 0.2) is 55.0 Å². The molecule has 6 nitrogen and oxygen atoms in total. The van der Waals surface area contributed by atoms with E-state index in [0.29, 0.717) is 18.0 Å². The Labute approximate surface area is 164 Å². The molecule has 0 amide bonds. The topological polar surface area (TPSA) is 71.2 Å². The number of para-hydroxylation sites is 1. The average molecular weight is 376 g/mol. The van der Waals surface area contributed by atoms with Gasteiger partial charge in [0.25, 0.3) is 0 Å². The normalized spacial score (nSPS) is 15.0. The fraction of sp³-hybridized carbons (Fsp3) is 0.318. The number of carboxylic acids is 1. The summed E-state index contributed by atoms with van der Waals surface area (Å²) < 4.78 is 2.12. The van der Waals surface area contributed by atoms with Crippen LogP contribution in [0.5, 0.6) is 0 Å². The number of hydrogen-bond acceptors (Lipinski definition) is 4. The van der Waals surface area contributed by atoms with Crippen LogP contribution in [0, 0.1) is 6.92 Å². The van der Waals surface area contributed by atoms with Crippen molar-refractivity contribution in [2.75, 3.05) is 18.0 Å². The van der Waals surface area contributed by atoms with Gasteiger partial charge in [-0.25, -0.2) is 4.79 Å². The molecule has 4 rings (SSSR count). The Morgan fingerprint density at radius 1 is 1.11 bits per heavy atom. The third-order valence-corrected chi connectivity index (χ3v) is 5.59. The van der Waals surface area contributed by atoms with E-state index in [0.717, 1.165) is 42.8 Å². The summed E-state index contributed by atoms with van der Waals surface area (Å²) in [5, 5.41) is 14.0. The molecule has 28 heavy (non-hydrogen) atoms. The molecule has 0 saturated carbocycles. The fourth-order valence-electron chi connectivity index (χ4n) is 3.99. The van der Waals surface area contributed by atoms with Crippen LogP contribution >= 0.6 is 0 Å². The highest BCUT2D eigenvalue weighted by Crippen LogP contribution is 2.28. The van der Waals surface area contributed by atoms with E-state index >= 15 is 0 Å². The van der Waals surface area contributed by atoms with Gasteiger partial charge < -0.3 is 10.0 Å². The van der Waals surface area contributed by atoms with Crippen molar-refractivity contribution in [3.8, 4) is 0 Å². The predicted octanol–water partition coefficient (Wildman–Crippen LogP) is 3.72. The minimum Gasteiger partial charge on any atom is -0.478 e. The Kier molecular flexibility index (Phi) is 5.10. The molecule has 1 aliphatic heterocycles. The maximum atomic E-state index is 11.4. The van der Waals surface area contributed by atoms with E-state index < -0.39 is 5.97 Å². The third kappa shape index (κ3) is 3.63. The van der Waals surface area contributed by atoms with Crippen LogP contribution in [0.4, 0.5) is 5.69 Å². The maximum absolute atomic E-state index is 11.4. The van der Waals surface area contributed by atoms with E-state index in [1.165, 1.54) is 11.9 Å². The molecule has 6 heteroatoms. The van der Waals surface area contributed by atoms with Crippen molar-refractivity contribution in [3.63, 3.8) is 0 Å². The number of hydrogen-bond donors (Lipinski definition) is 1. The molecule has 1 N–H and O–H groups in total. The first-order valence-electron chi connectivity index (χ1n) is 9.62. The van der Waals surface area contributed by atoms with E-state index in [1.54, 1.807) is 12.3 Å². The Bertz CT molecular complexity index is 960. The predicted molar refractivity (Wildman–Crippen MR) is 108 cm³/mol. The van der Waals surface area contributed by atoms with Gasteiger partial charge in [0.1, 0.15) is 0 Å². The van der Waals surface area contributed by atoms with Gasteiger partial charge in [0.05, 0.1) is 17.8 Å². The molecular formula is C22H24N4O2. The Hall–Kier alpha value is -3.15. The summed E-state index contributed by atoms with van der Waals surface area (Å²) in [7, 11) is 0. The van der Waals surface area contributed by atoms with Gasteiger partial charge in [0.15, 0.2) is 0 Å². The first kappa shape index (κ1) is 18.2. The highest BCUT2D eigenvalue weighted by molar-refractivity contribution is 5.89. The molecule has 1 aliphatic rings. The van der Waals surface area contributed by atoms with Crippen LogP contribution in [-0.4, -0.2) is 38.9 Å². The lowest BCUT2D eigenvalue weighted by molar-refractivity contribution is 0.0695. The minimum atomic E-state index is -0.921. The second-order valence-electron chi connectivity index (χ2n) is 7.27. The monoisotopic (exact) mass is 376 g/mol. The Balaban J connectivity index is 1.47. The van der Waals surface area contributed by atoms with Crippen molar-refractivity contribution >= 4 is 11.7 Å². The molecule has 3 aromatic rings. The summed E-state index contributed by atoms with van der Waals surface area (Å²) in [6, 6.07) is 12.4. The van der Waals surface area contributed by atoms with E-state index in [9.17, 15) is 9.90 Å². The summed E-state index contributed by atoms with van der Waals surface area (Å²) in [5.41, 5.74) is 4.46. The minimum absolute atomic E-state index is 0.304. The maximum Gasteiger partial charge on any atom is 0.336 e. The standard InChI is InChI=1S/C22H24N4O2/c1-16-17(13-18-14-23-10-7-21(18)22(27)28)15-24-26(16)20-8-11-25(12-9-20)19-5-3-2-4-6-19/h2-7,10,14-15,20H,8-9,11-13H2,1H3,(H,27,28). The molecule has 0 atom stereocenters. The smallest absolute Gasteiger partial charge is 0.336 e. The lowest BCUT2D eigenvalue weighted by Crippen LogP contribution is -2.35. The van der Waals surface area contributed by atoms with Crippen molar-refractivity contribution in [3.05, 3.63) is 77.4 Å². The number of carbonyl (C=O) groups is 1. The van der Waals surface area contributed by atoms with Crippen molar-refractivity contribution < 1.29 is 9.90 Å². The summed E-state index contributed by atoms with van der Waals surface area (Å²) >= 11 is 0. The first-order valence-corrected chi connectivity index (χ1v) is 9.62. The lowest BCUT2D eigenvalue weighted by Gasteiger charge is -2.34. The SMILES string of the molecule is Cc1c(Cc2cnccc2C(=O)O)cnn1C1CCN(c2ccccc2)CC1. The molecule has 0 spiro atoms. The number of aromatic nitrogens is 3. The largest absolute Gasteiger partial charge is 0.478 e. The molecule has 0 bridgehead atoms. The first-order chi connectivity index (χ1) is 13.6.